The molecule has 1 heterocycles. The fraction of sp³-hybridized carbons (Fsp3) is 0.462. The van der Waals surface area contributed by atoms with E-state index in [4.69, 9.17) is 5.73 Å². The Kier molecular flexibility index (Phi) is 3.64. The second kappa shape index (κ2) is 5.19. The summed E-state index contributed by atoms with van der Waals surface area (Å²) in [5.41, 5.74) is 6.39. The highest BCUT2D eigenvalue weighted by Crippen LogP contribution is 2.19. The summed E-state index contributed by atoms with van der Waals surface area (Å²) in [4.78, 5) is 13.3. The van der Waals surface area contributed by atoms with Crippen LogP contribution in [0.15, 0.2) is 24.3 Å². The maximum absolute atomic E-state index is 11.0. The highest BCUT2D eigenvalue weighted by Gasteiger charge is 2.22. The highest BCUT2D eigenvalue weighted by atomic mass is 16.3. The number of hydrogen-bond acceptors (Lipinski definition) is 3. The number of amides is 1. The topological polar surface area (TPSA) is 66.6 Å². The van der Waals surface area contributed by atoms with Crippen LogP contribution in [0.5, 0.6) is 5.75 Å². The molecule has 0 spiro atoms. The molecule has 17 heavy (non-hydrogen) atoms. The molecule has 0 bridgehead atoms. The molecule has 4 heteroatoms. The Balaban J connectivity index is 1.88. The lowest BCUT2D eigenvalue weighted by molar-refractivity contribution is -0.123. The van der Waals surface area contributed by atoms with E-state index in [2.05, 4.69) is 4.90 Å². The van der Waals surface area contributed by atoms with Crippen molar-refractivity contribution in [2.45, 2.75) is 19.4 Å². The minimum atomic E-state index is -0.179. The van der Waals surface area contributed by atoms with Crippen LogP contribution in [-0.4, -0.2) is 29.0 Å². The first-order valence-electron chi connectivity index (χ1n) is 5.95. The smallest absolute Gasteiger partial charge is 0.220 e. The lowest BCUT2D eigenvalue weighted by Crippen LogP contribution is -2.38. The molecule has 0 atom stereocenters. The number of rotatable bonds is 3. The number of phenolic OH excluding ortho intramolecular Hbond substituents is 1. The van der Waals surface area contributed by atoms with Gasteiger partial charge in [0.25, 0.3) is 0 Å². The molecular formula is C13H18N2O2. The van der Waals surface area contributed by atoms with Gasteiger partial charge >= 0.3 is 0 Å². The van der Waals surface area contributed by atoms with Crippen molar-refractivity contribution in [1.29, 1.82) is 0 Å². The van der Waals surface area contributed by atoms with Gasteiger partial charge in [-0.25, -0.2) is 0 Å². The average Bonchev–Trinajstić information content (AvgIpc) is 2.29. The SMILES string of the molecule is NC(=O)C1CCN(Cc2cccc(O)c2)CC1. The van der Waals surface area contributed by atoms with E-state index in [1.165, 1.54) is 0 Å². The Morgan fingerprint density at radius 2 is 2.12 bits per heavy atom. The summed E-state index contributed by atoms with van der Waals surface area (Å²) in [7, 11) is 0. The van der Waals surface area contributed by atoms with Gasteiger partial charge in [0.2, 0.25) is 5.91 Å². The van der Waals surface area contributed by atoms with Crippen LogP contribution in [0.25, 0.3) is 0 Å². The molecule has 1 aromatic rings. The van der Waals surface area contributed by atoms with E-state index in [9.17, 15) is 9.90 Å². The van der Waals surface area contributed by atoms with Gasteiger partial charge in [-0.1, -0.05) is 12.1 Å². The van der Waals surface area contributed by atoms with Crippen LogP contribution in [0.4, 0.5) is 0 Å². The Bertz CT molecular complexity index is 398. The molecule has 0 radical (unpaired) electrons. The van der Waals surface area contributed by atoms with Crippen LogP contribution in [-0.2, 0) is 11.3 Å². The number of carbonyl (C=O) groups excluding carboxylic acids is 1. The molecule has 0 aliphatic carbocycles. The van der Waals surface area contributed by atoms with Crippen molar-refractivity contribution < 1.29 is 9.90 Å². The van der Waals surface area contributed by atoms with E-state index in [0.29, 0.717) is 5.75 Å². The third-order valence-corrected chi connectivity index (χ3v) is 3.31. The van der Waals surface area contributed by atoms with Gasteiger partial charge in [-0.3, -0.25) is 9.69 Å². The van der Waals surface area contributed by atoms with Gasteiger partial charge in [0.15, 0.2) is 0 Å². The molecule has 4 nitrogen and oxygen atoms in total. The van der Waals surface area contributed by atoms with Gasteiger partial charge in [0.05, 0.1) is 0 Å². The first-order chi connectivity index (χ1) is 8.15. The number of carbonyl (C=O) groups is 1. The van der Waals surface area contributed by atoms with Gasteiger partial charge in [-0.05, 0) is 43.6 Å². The van der Waals surface area contributed by atoms with Crippen LogP contribution < -0.4 is 5.73 Å². The van der Waals surface area contributed by atoms with Crippen LogP contribution in [0.2, 0.25) is 0 Å². The van der Waals surface area contributed by atoms with Crippen LogP contribution in [0.3, 0.4) is 0 Å². The number of hydrogen-bond donors (Lipinski definition) is 2. The monoisotopic (exact) mass is 234 g/mol. The summed E-state index contributed by atoms with van der Waals surface area (Å²) in [6.45, 7) is 2.60. The number of nitrogens with two attached hydrogens (primary N) is 1. The summed E-state index contributed by atoms with van der Waals surface area (Å²) >= 11 is 0. The molecule has 1 aliphatic heterocycles. The predicted octanol–water partition coefficient (Wildman–Crippen LogP) is 1.09. The zero-order valence-electron chi connectivity index (χ0n) is 9.80. The number of aromatic hydroxyl groups is 1. The minimum absolute atomic E-state index is 0.0374. The van der Waals surface area contributed by atoms with Crippen molar-refractivity contribution >= 4 is 5.91 Å². The second-order valence-corrected chi connectivity index (χ2v) is 4.62. The fourth-order valence-electron chi connectivity index (χ4n) is 2.29. The van der Waals surface area contributed by atoms with Crippen molar-refractivity contribution in [2.75, 3.05) is 13.1 Å². The van der Waals surface area contributed by atoms with Crippen molar-refractivity contribution in [2.24, 2.45) is 11.7 Å². The summed E-state index contributed by atoms with van der Waals surface area (Å²) < 4.78 is 0. The summed E-state index contributed by atoms with van der Waals surface area (Å²) in [5, 5.41) is 9.38. The number of likely N-dealkylation sites (tertiary alicyclic amines) is 1. The van der Waals surface area contributed by atoms with Gasteiger partial charge in [-0.15, -0.1) is 0 Å². The Hall–Kier alpha value is -1.55. The first-order valence-corrected chi connectivity index (χ1v) is 5.95. The molecule has 0 unspecified atom stereocenters. The Labute approximate surface area is 101 Å². The number of benzene rings is 1. The zero-order valence-corrected chi connectivity index (χ0v) is 9.80. The van der Waals surface area contributed by atoms with Crippen LogP contribution in [0.1, 0.15) is 18.4 Å². The maximum Gasteiger partial charge on any atom is 0.220 e. The quantitative estimate of drug-likeness (QED) is 0.822. The largest absolute Gasteiger partial charge is 0.508 e. The predicted molar refractivity (Wildman–Crippen MR) is 65.3 cm³/mol. The molecule has 1 aromatic carbocycles. The third-order valence-electron chi connectivity index (χ3n) is 3.31. The molecule has 92 valence electrons. The van der Waals surface area contributed by atoms with Crippen molar-refractivity contribution in [3.8, 4) is 5.75 Å². The van der Waals surface area contributed by atoms with E-state index in [0.717, 1.165) is 38.0 Å². The van der Waals surface area contributed by atoms with Crippen molar-refractivity contribution in [3.05, 3.63) is 29.8 Å². The summed E-state index contributed by atoms with van der Waals surface area (Å²) in [6, 6.07) is 7.30. The summed E-state index contributed by atoms with van der Waals surface area (Å²) in [5.74, 6) is 0.159. The van der Waals surface area contributed by atoms with Crippen molar-refractivity contribution in [1.82, 2.24) is 4.90 Å². The van der Waals surface area contributed by atoms with E-state index in [1.54, 1.807) is 12.1 Å². The molecule has 1 fully saturated rings. The molecule has 0 saturated carbocycles. The Morgan fingerprint density at radius 3 is 2.71 bits per heavy atom. The second-order valence-electron chi connectivity index (χ2n) is 4.62. The lowest BCUT2D eigenvalue weighted by atomic mass is 9.96. The van der Waals surface area contributed by atoms with E-state index >= 15 is 0 Å². The van der Waals surface area contributed by atoms with Gasteiger partial charge in [-0.2, -0.15) is 0 Å². The summed E-state index contributed by atoms with van der Waals surface area (Å²) in [6.07, 6.45) is 1.68. The lowest BCUT2D eigenvalue weighted by Gasteiger charge is -2.30. The molecule has 2 rings (SSSR count). The third kappa shape index (κ3) is 3.20. The van der Waals surface area contributed by atoms with Crippen molar-refractivity contribution in [3.63, 3.8) is 0 Å². The van der Waals surface area contributed by atoms with Gasteiger partial charge in [0.1, 0.15) is 5.75 Å². The normalized spacial score (nSPS) is 18.1. The molecular weight excluding hydrogens is 216 g/mol. The van der Waals surface area contributed by atoms with Crippen LogP contribution >= 0.6 is 0 Å². The van der Waals surface area contributed by atoms with E-state index in [-0.39, 0.29) is 11.8 Å². The number of primary amides is 1. The molecule has 1 amide bonds. The maximum atomic E-state index is 11.0. The van der Waals surface area contributed by atoms with E-state index in [1.807, 2.05) is 12.1 Å². The number of phenols is 1. The molecule has 1 aliphatic rings. The Morgan fingerprint density at radius 1 is 1.41 bits per heavy atom. The fourth-order valence-corrected chi connectivity index (χ4v) is 2.29. The number of nitrogens with zero attached hydrogens (tertiary/aromatic N) is 1. The van der Waals surface area contributed by atoms with Gasteiger partial charge < -0.3 is 10.8 Å². The highest BCUT2D eigenvalue weighted by molar-refractivity contribution is 5.76. The first kappa shape index (κ1) is 11.9. The minimum Gasteiger partial charge on any atom is -0.508 e. The zero-order chi connectivity index (χ0) is 12.3. The van der Waals surface area contributed by atoms with Gasteiger partial charge in [0, 0.05) is 12.5 Å². The average molecular weight is 234 g/mol. The number of piperidine rings is 1. The van der Waals surface area contributed by atoms with Crippen LogP contribution in [0, 0.1) is 5.92 Å². The van der Waals surface area contributed by atoms with E-state index < -0.39 is 0 Å². The standard InChI is InChI=1S/C13H18N2O2/c14-13(17)11-4-6-15(7-5-11)9-10-2-1-3-12(16)8-10/h1-3,8,11,16H,4-7,9H2,(H2,14,17). The molecule has 1 saturated heterocycles. The molecule has 0 aromatic heterocycles. The molecule has 3 N–H and O–H groups in total.